The largest absolute Gasteiger partial charge is 1.00 e. The molecule has 0 radical (unpaired) electrons. The fraction of sp³-hybridized carbons (Fsp3) is 0.143. The number of benzene rings is 2. The maximum absolute atomic E-state index is 5.36. The van der Waals surface area contributed by atoms with E-state index in [1.54, 1.807) is 7.11 Å². The van der Waals surface area contributed by atoms with Gasteiger partial charge in [0.05, 0.1) is 7.11 Å². The van der Waals surface area contributed by atoms with Crippen molar-refractivity contribution >= 4 is 22.1 Å². The van der Waals surface area contributed by atoms with Crippen molar-refractivity contribution in [1.82, 2.24) is 4.98 Å². The lowest BCUT2D eigenvalue weighted by Gasteiger charge is -2.04. The summed E-state index contributed by atoms with van der Waals surface area (Å²) in [6.45, 7) is 0. The van der Waals surface area contributed by atoms with E-state index in [0.29, 0.717) is 0 Å². The van der Waals surface area contributed by atoms with Gasteiger partial charge in [0.2, 0.25) is 11.0 Å². The number of nitrogens with zero attached hydrogens (tertiary/aromatic N) is 2. The van der Waals surface area contributed by atoms with Crippen LogP contribution in [0.4, 0.5) is 0 Å². The number of aromatic nitrogens is 2. The smallest absolute Gasteiger partial charge is 0.235 e. The molecule has 0 bridgehead atoms. The molecule has 0 fully saturated rings. The number of aryl methyl sites for hydroxylation is 1. The Hall–Kier alpha value is -1.87. The van der Waals surface area contributed by atoms with Crippen LogP contribution in [0.15, 0.2) is 42.5 Å². The van der Waals surface area contributed by atoms with E-state index in [1.165, 1.54) is 0 Å². The van der Waals surface area contributed by atoms with Crippen molar-refractivity contribution in [1.29, 1.82) is 0 Å². The molecule has 0 unspecified atom stereocenters. The second-order valence-electron chi connectivity index (χ2n) is 3.99. The first-order chi connectivity index (χ1) is 8.31. The van der Waals surface area contributed by atoms with Gasteiger partial charge in [-0.25, -0.2) is 4.98 Å². The maximum atomic E-state index is 5.36. The zero-order valence-corrected chi connectivity index (χ0v) is 11.0. The number of fused-ring (bicyclic) bond motifs is 2. The van der Waals surface area contributed by atoms with Gasteiger partial charge in [-0.15, -0.1) is 0 Å². The van der Waals surface area contributed by atoms with Crippen LogP contribution in [0, 0.1) is 0 Å². The lowest BCUT2D eigenvalue weighted by molar-refractivity contribution is -0.617. The van der Waals surface area contributed by atoms with E-state index >= 15 is 0 Å². The summed E-state index contributed by atoms with van der Waals surface area (Å²) in [4.78, 5) is 4.66. The van der Waals surface area contributed by atoms with E-state index in [1.807, 2.05) is 37.4 Å². The van der Waals surface area contributed by atoms with Gasteiger partial charge in [-0.2, -0.15) is 4.57 Å². The Balaban J connectivity index is 0.00000120. The number of para-hydroxylation sites is 3. The minimum Gasteiger partial charge on any atom is -1.00 e. The zero-order valence-electron chi connectivity index (χ0n) is 10.2. The highest BCUT2D eigenvalue weighted by atomic mass is 35.5. The van der Waals surface area contributed by atoms with Crippen LogP contribution in [0.2, 0.25) is 0 Å². The molecule has 0 saturated carbocycles. The number of halogens is 1. The molecular formula is C14H13ClN2O. The monoisotopic (exact) mass is 260 g/mol. The SMILES string of the molecule is COc1cccc2c1nc1ccccc1[n+]2C.[Cl-]. The number of hydrogen-bond donors (Lipinski definition) is 0. The molecule has 1 aromatic heterocycles. The molecule has 3 aromatic rings. The Morgan fingerprint density at radius 1 is 1.00 bits per heavy atom. The van der Waals surface area contributed by atoms with Crippen molar-refractivity contribution in [3.8, 4) is 5.75 Å². The highest BCUT2D eigenvalue weighted by molar-refractivity contribution is 5.85. The Bertz CT molecular complexity index is 713. The third-order valence-electron chi connectivity index (χ3n) is 3.03. The molecule has 92 valence electrons. The van der Waals surface area contributed by atoms with Crippen LogP contribution in [0.25, 0.3) is 22.1 Å². The lowest BCUT2D eigenvalue weighted by atomic mass is 10.2. The van der Waals surface area contributed by atoms with Gasteiger partial charge >= 0.3 is 0 Å². The fourth-order valence-corrected chi connectivity index (χ4v) is 2.15. The van der Waals surface area contributed by atoms with Gasteiger partial charge < -0.3 is 17.1 Å². The molecule has 0 aliphatic heterocycles. The first kappa shape index (κ1) is 12.6. The molecule has 3 nitrogen and oxygen atoms in total. The summed E-state index contributed by atoms with van der Waals surface area (Å²) < 4.78 is 7.49. The van der Waals surface area contributed by atoms with Crippen LogP contribution < -0.4 is 21.7 Å². The van der Waals surface area contributed by atoms with Crippen LogP contribution in [0.3, 0.4) is 0 Å². The van der Waals surface area contributed by atoms with Gasteiger partial charge in [-0.3, -0.25) is 0 Å². The van der Waals surface area contributed by atoms with Crippen LogP contribution in [-0.4, -0.2) is 12.1 Å². The van der Waals surface area contributed by atoms with Crippen molar-refractivity contribution in [2.45, 2.75) is 0 Å². The highest BCUT2D eigenvalue weighted by Gasteiger charge is 2.14. The van der Waals surface area contributed by atoms with Crippen LogP contribution in [0.5, 0.6) is 5.75 Å². The average molecular weight is 261 g/mol. The van der Waals surface area contributed by atoms with Crippen LogP contribution >= 0.6 is 0 Å². The van der Waals surface area contributed by atoms with Crippen molar-refractivity contribution in [2.24, 2.45) is 7.05 Å². The predicted molar refractivity (Wildman–Crippen MR) is 67.0 cm³/mol. The number of hydrogen-bond acceptors (Lipinski definition) is 2. The quantitative estimate of drug-likeness (QED) is 0.424. The van der Waals surface area contributed by atoms with E-state index in [4.69, 9.17) is 4.74 Å². The second kappa shape index (κ2) is 4.78. The number of ether oxygens (including phenoxy) is 1. The van der Waals surface area contributed by atoms with Gasteiger partial charge in [0, 0.05) is 12.1 Å². The minimum absolute atomic E-state index is 0. The predicted octanol–water partition coefficient (Wildman–Crippen LogP) is -0.775. The van der Waals surface area contributed by atoms with Crippen molar-refractivity contribution in [3.05, 3.63) is 42.5 Å². The van der Waals surface area contributed by atoms with Gasteiger partial charge in [0.15, 0.2) is 11.3 Å². The summed E-state index contributed by atoms with van der Waals surface area (Å²) in [5.74, 6) is 0.809. The summed E-state index contributed by atoms with van der Waals surface area (Å²) >= 11 is 0. The van der Waals surface area contributed by atoms with Crippen molar-refractivity contribution in [3.63, 3.8) is 0 Å². The average Bonchev–Trinajstić information content (AvgIpc) is 2.38. The topological polar surface area (TPSA) is 26.0 Å². The van der Waals surface area contributed by atoms with Crippen molar-refractivity contribution < 1.29 is 21.7 Å². The second-order valence-corrected chi connectivity index (χ2v) is 3.99. The molecule has 1 heterocycles. The van der Waals surface area contributed by atoms with Crippen LogP contribution in [-0.2, 0) is 7.05 Å². The number of methoxy groups -OCH3 is 1. The molecule has 0 atom stereocenters. The third-order valence-corrected chi connectivity index (χ3v) is 3.03. The minimum atomic E-state index is 0. The van der Waals surface area contributed by atoms with Gasteiger partial charge in [0.1, 0.15) is 12.6 Å². The Morgan fingerprint density at radius 3 is 2.50 bits per heavy atom. The normalized spacial score (nSPS) is 10.3. The lowest BCUT2D eigenvalue weighted by Crippen LogP contribution is -3.00. The Labute approximate surface area is 111 Å². The first-order valence-electron chi connectivity index (χ1n) is 5.53. The van der Waals surface area contributed by atoms with E-state index in [0.717, 1.165) is 27.8 Å². The molecule has 4 heteroatoms. The van der Waals surface area contributed by atoms with Crippen LogP contribution in [0.1, 0.15) is 0 Å². The summed E-state index contributed by atoms with van der Waals surface area (Å²) in [7, 11) is 3.72. The molecule has 2 aromatic carbocycles. The molecule has 18 heavy (non-hydrogen) atoms. The van der Waals surface area contributed by atoms with Gasteiger partial charge in [-0.05, 0) is 12.1 Å². The molecule has 0 amide bonds. The number of rotatable bonds is 1. The summed E-state index contributed by atoms with van der Waals surface area (Å²) in [6, 6.07) is 14.1. The van der Waals surface area contributed by atoms with E-state index in [9.17, 15) is 0 Å². The molecule has 0 N–H and O–H groups in total. The summed E-state index contributed by atoms with van der Waals surface area (Å²) in [5, 5.41) is 0. The molecule has 0 aliphatic rings. The molecular weight excluding hydrogens is 248 g/mol. The molecule has 0 spiro atoms. The van der Waals surface area contributed by atoms with E-state index in [-0.39, 0.29) is 12.4 Å². The standard InChI is InChI=1S/C14H13N2O.ClH/c1-16-11-7-4-3-6-10(11)15-14-12(16)8-5-9-13(14)17-2;/h3-9H,1-2H3;1H/q+1;/p-1. The third kappa shape index (κ3) is 1.77. The van der Waals surface area contributed by atoms with Crippen molar-refractivity contribution in [2.75, 3.05) is 7.11 Å². The maximum Gasteiger partial charge on any atom is 0.235 e. The van der Waals surface area contributed by atoms with E-state index in [2.05, 4.69) is 21.7 Å². The summed E-state index contributed by atoms with van der Waals surface area (Å²) in [5.41, 5.74) is 4.07. The Kier molecular flexibility index (Phi) is 3.34. The van der Waals surface area contributed by atoms with Gasteiger partial charge in [0.25, 0.3) is 0 Å². The fourth-order valence-electron chi connectivity index (χ4n) is 2.15. The first-order valence-corrected chi connectivity index (χ1v) is 5.53. The van der Waals surface area contributed by atoms with Gasteiger partial charge in [-0.1, -0.05) is 18.2 Å². The Morgan fingerprint density at radius 2 is 1.72 bits per heavy atom. The summed E-state index contributed by atoms with van der Waals surface area (Å²) in [6.07, 6.45) is 0. The molecule has 0 aliphatic carbocycles. The zero-order chi connectivity index (χ0) is 11.8. The van der Waals surface area contributed by atoms with E-state index < -0.39 is 0 Å². The molecule has 0 saturated heterocycles. The molecule has 3 rings (SSSR count). The highest BCUT2D eigenvalue weighted by Crippen LogP contribution is 2.22.